The highest BCUT2D eigenvalue weighted by atomic mass is 32.2. The molecule has 0 aliphatic carbocycles. The Morgan fingerprint density at radius 1 is 1.09 bits per heavy atom. The molecule has 0 atom stereocenters. The van der Waals surface area contributed by atoms with E-state index in [1.807, 2.05) is 42.5 Å². The number of carbonyl (C=O) groups excluding carboxylic acids is 2. The molecule has 9 heteroatoms. The van der Waals surface area contributed by atoms with Crippen molar-refractivity contribution in [2.45, 2.75) is 12.8 Å². The maximum atomic E-state index is 12.8. The first-order valence-corrected chi connectivity index (χ1v) is 11.5. The molecule has 0 unspecified atom stereocenters. The van der Waals surface area contributed by atoms with E-state index in [1.54, 1.807) is 27.4 Å². The van der Waals surface area contributed by atoms with Gasteiger partial charge in [0.15, 0.2) is 11.5 Å². The predicted octanol–water partition coefficient (Wildman–Crippen LogP) is 3.66. The summed E-state index contributed by atoms with van der Waals surface area (Å²) in [6, 6.07) is 13.1. The smallest absolute Gasteiger partial charge is 0.266 e. The van der Waals surface area contributed by atoms with Crippen LogP contribution in [0.3, 0.4) is 0 Å². The number of rotatable bonds is 10. The molecule has 1 fully saturated rings. The molecule has 1 N–H and O–H groups in total. The fourth-order valence-electron chi connectivity index (χ4n) is 3.26. The molecule has 1 heterocycles. The molecule has 2 aromatic rings. The Balaban J connectivity index is 1.49. The van der Waals surface area contributed by atoms with E-state index in [4.69, 9.17) is 26.4 Å². The summed E-state index contributed by atoms with van der Waals surface area (Å²) in [7, 11) is 4.77. The first-order valence-electron chi connectivity index (χ1n) is 10.3. The number of hydrogen-bond donors (Lipinski definition) is 1. The van der Waals surface area contributed by atoms with Crippen LogP contribution in [0.1, 0.15) is 17.5 Å². The van der Waals surface area contributed by atoms with Gasteiger partial charge < -0.3 is 19.5 Å². The number of benzene rings is 2. The van der Waals surface area contributed by atoms with Crippen LogP contribution in [-0.4, -0.2) is 55.5 Å². The summed E-state index contributed by atoms with van der Waals surface area (Å²) in [6.45, 7) is 0.713. The number of amides is 2. The molecule has 0 saturated carbocycles. The quantitative estimate of drug-likeness (QED) is 0.406. The van der Waals surface area contributed by atoms with Crippen LogP contribution >= 0.6 is 24.0 Å². The van der Waals surface area contributed by atoms with Crippen molar-refractivity contribution < 1.29 is 23.8 Å². The van der Waals surface area contributed by atoms with E-state index < -0.39 is 0 Å². The van der Waals surface area contributed by atoms with E-state index in [9.17, 15) is 9.59 Å². The third kappa shape index (κ3) is 6.49. The van der Waals surface area contributed by atoms with Gasteiger partial charge in [-0.3, -0.25) is 14.5 Å². The van der Waals surface area contributed by atoms with Crippen LogP contribution in [0.25, 0.3) is 6.08 Å². The van der Waals surface area contributed by atoms with Gasteiger partial charge >= 0.3 is 0 Å². The molecule has 0 bridgehead atoms. The normalized spacial score (nSPS) is 14.5. The summed E-state index contributed by atoms with van der Waals surface area (Å²) in [5.41, 5.74) is 1.87. The highest BCUT2D eigenvalue weighted by Gasteiger charge is 2.32. The Morgan fingerprint density at radius 3 is 2.61 bits per heavy atom. The second-order valence-corrected chi connectivity index (χ2v) is 8.83. The number of hydrogen-bond acceptors (Lipinski definition) is 7. The fraction of sp³-hybridized carbons (Fsp3) is 0.292. The molecule has 0 spiro atoms. The minimum Gasteiger partial charge on any atom is -0.497 e. The molecule has 0 radical (unpaired) electrons. The molecule has 2 aromatic carbocycles. The van der Waals surface area contributed by atoms with Crippen molar-refractivity contribution in [1.29, 1.82) is 0 Å². The molecule has 174 valence electrons. The van der Waals surface area contributed by atoms with Gasteiger partial charge in [-0.25, -0.2) is 0 Å². The van der Waals surface area contributed by atoms with Crippen LogP contribution in [0, 0.1) is 0 Å². The standard InChI is InChI=1S/C24H26N2O5S2/c1-29-18-6-4-5-17(13-18)15-21-23(28)26(24(32)33-21)12-10-22(27)25-11-9-16-7-8-19(30-2)20(14-16)31-3/h4-8,13-15H,9-12H2,1-3H3,(H,25,27)/b21-15-. The first kappa shape index (κ1) is 24.6. The van der Waals surface area contributed by atoms with Gasteiger partial charge in [0.2, 0.25) is 5.91 Å². The molecular weight excluding hydrogens is 460 g/mol. The van der Waals surface area contributed by atoms with Crippen LogP contribution in [0.5, 0.6) is 17.2 Å². The van der Waals surface area contributed by atoms with Gasteiger partial charge in [-0.15, -0.1) is 0 Å². The Labute approximate surface area is 203 Å². The Hall–Kier alpha value is -3.04. The fourth-order valence-corrected chi connectivity index (χ4v) is 4.57. The number of carbonyl (C=O) groups is 2. The highest BCUT2D eigenvalue weighted by molar-refractivity contribution is 8.26. The lowest BCUT2D eigenvalue weighted by Crippen LogP contribution is -2.34. The van der Waals surface area contributed by atoms with E-state index in [0.717, 1.165) is 11.1 Å². The third-order valence-corrected chi connectivity index (χ3v) is 6.39. The minimum absolute atomic E-state index is 0.138. The summed E-state index contributed by atoms with van der Waals surface area (Å²) in [5.74, 6) is 1.70. The van der Waals surface area contributed by atoms with Crippen molar-refractivity contribution in [3.05, 3.63) is 58.5 Å². The first-order chi connectivity index (χ1) is 15.9. The molecule has 0 aromatic heterocycles. The van der Waals surface area contributed by atoms with Crippen molar-refractivity contribution in [1.82, 2.24) is 10.2 Å². The minimum atomic E-state index is -0.189. The van der Waals surface area contributed by atoms with Crippen LogP contribution in [0.15, 0.2) is 47.4 Å². The lowest BCUT2D eigenvalue weighted by atomic mass is 10.1. The Bertz CT molecular complexity index is 1070. The van der Waals surface area contributed by atoms with Gasteiger partial charge in [-0.05, 0) is 47.9 Å². The number of thiocarbonyl (C=S) groups is 1. The molecule has 7 nitrogen and oxygen atoms in total. The molecule has 33 heavy (non-hydrogen) atoms. The maximum absolute atomic E-state index is 12.8. The second-order valence-electron chi connectivity index (χ2n) is 7.15. The SMILES string of the molecule is COc1cccc(/C=C2\SC(=S)N(CCC(=O)NCCc3ccc(OC)c(OC)c3)C2=O)c1. The number of nitrogens with zero attached hydrogens (tertiary/aromatic N) is 1. The molecule has 3 rings (SSSR count). The van der Waals surface area contributed by atoms with Crippen LogP contribution in [-0.2, 0) is 16.0 Å². The molecule has 2 amide bonds. The van der Waals surface area contributed by atoms with E-state index in [1.165, 1.54) is 16.7 Å². The van der Waals surface area contributed by atoms with E-state index in [0.29, 0.717) is 39.4 Å². The molecule has 1 saturated heterocycles. The van der Waals surface area contributed by atoms with Gasteiger partial charge in [0.25, 0.3) is 5.91 Å². The van der Waals surface area contributed by atoms with Gasteiger partial charge in [0.1, 0.15) is 10.1 Å². The van der Waals surface area contributed by atoms with Crippen LogP contribution < -0.4 is 19.5 Å². The van der Waals surface area contributed by atoms with Crippen molar-refractivity contribution >= 4 is 46.2 Å². The number of methoxy groups -OCH3 is 3. The average molecular weight is 487 g/mol. The van der Waals surface area contributed by atoms with E-state index >= 15 is 0 Å². The monoisotopic (exact) mass is 486 g/mol. The third-order valence-electron chi connectivity index (χ3n) is 5.01. The Morgan fingerprint density at radius 2 is 1.88 bits per heavy atom. The molecular formula is C24H26N2O5S2. The van der Waals surface area contributed by atoms with E-state index in [2.05, 4.69) is 5.32 Å². The molecule has 1 aliphatic heterocycles. The molecule has 1 aliphatic rings. The van der Waals surface area contributed by atoms with Gasteiger partial charge in [0.05, 0.1) is 26.2 Å². The zero-order chi connectivity index (χ0) is 23.8. The van der Waals surface area contributed by atoms with Crippen molar-refractivity contribution in [3.8, 4) is 17.2 Å². The maximum Gasteiger partial charge on any atom is 0.266 e. The predicted molar refractivity (Wildman–Crippen MR) is 134 cm³/mol. The van der Waals surface area contributed by atoms with Gasteiger partial charge in [-0.2, -0.15) is 0 Å². The van der Waals surface area contributed by atoms with Crippen LogP contribution in [0.2, 0.25) is 0 Å². The zero-order valence-electron chi connectivity index (χ0n) is 18.8. The van der Waals surface area contributed by atoms with Crippen molar-refractivity contribution in [2.75, 3.05) is 34.4 Å². The lowest BCUT2D eigenvalue weighted by molar-refractivity contribution is -0.123. The van der Waals surface area contributed by atoms with E-state index in [-0.39, 0.29) is 24.8 Å². The van der Waals surface area contributed by atoms with Crippen molar-refractivity contribution in [2.24, 2.45) is 0 Å². The van der Waals surface area contributed by atoms with Gasteiger partial charge in [-0.1, -0.05) is 42.2 Å². The summed E-state index contributed by atoms with van der Waals surface area (Å²) in [4.78, 5) is 27.1. The lowest BCUT2D eigenvalue weighted by Gasteiger charge is -2.14. The van der Waals surface area contributed by atoms with Gasteiger partial charge in [0, 0.05) is 19.5 Å². The summed E-state index contributed by atoms with van der Waals surface area (Å²) in [5, 5.41) is 2.89. The largest absolute Gasteiger partial charge is 0.497 e. The second kappa shape index (κ2) is 11.7. The Kier molecular flexibility index (Phi) is 8.73. The summed E-state index contributed by atoms with van der Waals surface area (Å²) < 4.78 is 16.2. The highest BCUT2D eigenvalue weighted by Crippen LogP contribution is 2.33. The summed E-state index contributed by atoms with van der Waals surface area (Å²) in [6.07, 6.45) is 2.60. The zero-order valence-corrected chi connectivity index (χ0v) is 20.4. The number of ether oxygens (including phenoxy) is 3. The average Bonchev–Trinajstić information content (AvgIpc) is 3.09. The van der Waals surface area contributed by atoms with Crippen molar-refractivity contribution in [3.63, 3.8) is 0 Å². The summed E-state index contributed by atoms with van der Waals surface area (Å²) >= 11 is 6.59. The topological polar surface area (TPSA) is 77.1 Å². The number of nitrogens with one attached hydrogen (secondary N) is 1. The van der Waals surface area contributed by atoms with Crippen LogP contribution in [0.4, 0.5) is 0 Å². The number of thioether (sulfide) groups is 1.